The monoisotopic (exact) mass is 198 g/mol. The molecule has 0 saturated carbocycles. The molecule has 2 heteroatoms. The van der Waals surface area contributed by atoms with Crippen molar-refractivity contribution in [2.45, 2.75) is 45.6 Å². The zero-order chi connectivity index (χ0) is 10.4. The molecule has 14 heavy (non-hydrogen) atoms. The van der Waals surface area contributed by atoms with E-state index >= 15 is 0 Å². The Labute approximate surface area is 89.1 Å². The van der Waals surface area contributed by atoms with Gasteiger partial charge < -0.3 is 5.32 Å². The lowest BCUT2D eigenvalue weighted by atomic mass is 10.00. The Morgan fingerprint density at radius 2 is 1.79 bits per heavy atom. The van der Waals surface area contributed by atoms with Crippen LogP contribution in [0.15, 0.2) is 0 Å². The van der Waals surface area contributed by atoms with Crippen molar-refractivity contribution in [1.82, 2.24) is 10.2 Å². The summed E-state index contributed by atoms with van der Waals surface area (Å²) in [6, 6.07) is 0.764. The van der Waals surface area contributed by atoms with E-state index in [9.17, 15) is 0 Å². The van der Waals surface area contributed by atoms with Crippen molar-refractivity contribution in [3.05, 3.63) is 0 Å². The number of likely N-dealkylation sites (N-methyl/N-ethyl adjacent to an activating group) is 1. The molecule has 1 fully saturated rings. The minimum atomic E-state index is 0.764. The number of piperidine rings is 1. The molecule has 84 valence electrons. The van der Waals surface area contributed by atoms with Crippen molar-refractivity contribution in [3.63, 3.8) is 0 Å². The zero-order valence-corrected chi connectivity index (χ0v) is 10.1. The maximum atomic E-state index is 3.33. The molecular weight excluding hydrogens is 172 g/mol. The fraction of sp³-hybridized carbons (Fsp3) is 1.00. The lowest BCUT2D eigenvalue weighted by Gasteiger charge is -2.35. The summed E-state index contributed by atoms with van der Waals surface area (Å²) >= 11 is 0. The molecule has 2 nitrogen and oxygen atoms in total. The van der Waals surface area contributed by atoms with Crippen molar-refractivity contribution in [2.75, 3.05) is 26.7 Å². The van der Waals surface area contributed by atoms with Gasteiger partial charge in [0.1, 0.15) is 0 Å². The van der Waals surface area contributed by atoms with E-state index in [2.05, 4.69) is 31.1 Å². The van der Waals surface area contributed by atoms with Gasteiger partial charge in [0, 0.05) is 12.6 Å². The van der Waals surface area contributed by atoms with Crippen molar-refractivity contribution in [3.8, 4) is 0 Å². The molecule has 0 aromatic heterocycles. The first-order valence-corrected chi connectivity index (χ1v) is 6.12. The first-order chi connectivity index (χ1) is 6.74. The van der Waals surface area contributed by atoms with Gasteiger partial charge in [-0.2, -0.15) is 0 Å². The van der Waals surface area contributed by atoms with Gasteiger partial charge in [-0.05, 0) is 45.3 Å². The fourth-order valence-corrected chi connectivity index (χ4v) is 2.42. The smallest absolute Gasteiger partial charge is 0.0222 e. The normalized spacial score (nSPS) is 21.4. The van der Waals surface area contributed by atoms with Gasteiger partial charge in [0.05, 0.1) is 0 Å². The zero-order valence-electron chi connectivity index (χ0n) is 10.1. The van der Waals surface area contributed by atoms with Crippen molar-refractivity contribution >= 4 is 0 Å². The molecule has 0 radical (unpaired) electrons. The summed E-state index contributed by atoms with van der Waals surface area (Å²) in [4.78, 5) is 2.68. The number of hydrogen-bond donors (Lipinski definition) is 1. The third-order valence-corrected chi connectivity index (χ3v) is 3.09. The number of rotatable bonds is 5. The second kappa shape index (κ2) is 6.41. The maximum Gasteiger partial charge on any atom is 0.0222 e. The lowest BCUT2D eigenvalue weighted by Crippen LogP contribution is -2.44. The minimum absolute atomic E-state index is 0.764. The van der Waals surface area contributed by atoms with E-state index in [0.717, 1.165) is 18.5 Å². The van der Waals surface area contributed by atoms with Crippen LogP contribution in [0.4, 0.5) is 0 Å². The van der Waals surface area contributed by atoms with Crippen LogP contribution >= 0.6 is 0 Å². The molecule has 1 rings (SSSR count). The summed E-state index contributed by atoms with van der Waals surface area (Å²) in [6.45, 7) is 8.44. The molecule has 0 aromatic rings. The van der Waals surface area contributed by atoms with E-state index in [4.69, 9.17) is 0 Å². The topological polar surface area (TPSA) is 15.3 Å². The minimum Gasteiger partial charge on any atom is -0.318 e. The summed E-state index contributed by atoms with van der Waals surface area (Å²) in [5, 5.41) is 3.33. The number of nitrogens with zero attached hydrogens (tertiary/aromatic N) is 1. The van der Waals surface area contributed by atoms with Gasteiger partial charge >= 0.3 is 0 Å². The molecule has 1 aliphatic rings. The number of nitrogens with one attached hydrogen (secondary N) is 1. The molecular formula is C12H26N2. The molecule has 1 unspecified atom stereocenters. The van der Waals surface area contributed by atoms with Crippen LogP contribution in [0.1, 0.15) is 39.5 Å². The summed E-state index contributed by atoms with van der Waals surface area (Å²) in [5.74, 6) is 0.815. The molecule has 0 amide bonds. The Morgan fingerprint density at radius 1 is 1.14 bits per heavy atom. The van der Waals surface area contributed by atoms with Gasteiger partial charge in [-0.3, -0.25) is 4.90 Å². The highest BCUT2D eigenvalue weighted by atomic mass is 15.2. The first kappa shape index (κ1) is 12.0. The molecule has 1 atom stereocenters. The van der Waals surface area contributed by atoms with Crippen molar-refractivity contribution in [1.29, 1.82) is 0 Å². The summed E-state index contributed by atoms with van der Waals surface area (Å²) in [7, 11) is 2.07. The van der Waals surface area contributed by atoms with Crippen LogP contribution in [0, 0.1) is 5.92 Å². The Hall–Kier alpha value is -0.0800. The Kier molecular flexibility index (Phi) is 5.49. The largest absolute Gasteiger partial charge is 0.318 e. The van der Waals surface area contributed by atoms with E-state index < -0.39 is 0 Å². The van der Waals surface area contributed by atoms with Crippen LogP contribution in [0.2, 0.25) is 0 Å². The second-order valence-corrected chi connectivity index (χ2v) is 4.94. The molecule has 0 spiro atoms. The van der Waals surface area contributed by atoms with Gasteiger partial charge in [0.25, 0.3) is 0 Å². The summed E-state index contributed by atoms with van der Waals surface area (Å²) < 4.78 is 0. The van der Waals surface area contributed by atoms with Gasteiger partial charge in [-0.25, -0.2) is 0 Å². The highest BCUT2D eigenvalue weighted by Gasteiger charge is 2.20. The third-order valence-electron chi connectivity index (χ3n) is 3.09. The van der Waals surface area contributed by atoms with E-state index in [0.29, 0.717) is 0 Å². The van der Waals surface area contributed by atoms with Crippen LogP contribution < -0.4 is 5.32 Å². The predicted molar refractivity (Wildman–Crippen MR) is 62.6 cm³/mol. The highest BCUT2D eigenvalue weighted by Crippen LogP contribution is 2.16. The summed E-state index contributed by atoms with van der Waals surface area (Å²) in [5.41, 5.74) is 0. The van der Waals surface area contributed by atoms with Crippen LogP contribution in [-0.4, -0.2) is 37.6 Å². The third kappa shape index (κ3) is 3.97. The van der Waals surface area contributed by atoms with E-state index in [1.54, 1.807) is 0 Å². The van der Waals surface area contributed by atoms with Gasteiger partial charge in [0.2, 0.25) is 0 Å². The van der Waals surface area contributed by atoms with Gasteiger partial charge in [0.15, 0.2) is 0 Å². The molecule has 1 saturated heterocycles. The van der Waals surface area contributed by atoms with Crippen LogP contribution in [0.5, 0.6) is 0 Å². The maximum absolute atomic E-state index is 3.33. The first-order valence-electron chi connectivity index (χ1n) is 6.12. The van der Waals surface area contributed by atoms with Crippen LogP contribution in [-0.2, 0) is 0 Å². The van der Waals surface area contributed by atoms with Crippen LogP contribution in [0.25, 0.3) is 0 Å². The van der Waals surface area contributed by atoms with E-state index in [1.165, 1.54) is 38.8 Å². The predicted octanol–water partition coefficient (Wildman–Crippen LogP) is 2.11. The fourth-order valence-electron chi connectivity index (χ4n) is 2.42. The molecule has 0 aliphatic carbocycles. The number of hydrogen-bond acceptors (Lipinski definition) is 2. The average Bonchev–Trinajstić information content (AvgIpc) is 2.18. The lowest BCUT2D eigenvalue weighted by molar-refractivity contribution is 0.144. The highest BCUT2D eigenvalue weighted by molar-refractivity contribution is 4.77. The summed E-state index contributed by atoms with van der Waals surface area (Å²) in [6.07, 6.45) is 5.57. The molecule has 0 aromatic carbocycles. The quantitative estimate of drug-likeness (QED) is 0.728. The Morgan fingerprint density at radius 3 is 2.29 bits per heavy atom. The molecule has 1 heterocycles. The molecule has 1 N–H and O–H groups in total. The van der Waals surface area contributed by atoms with E-state index in [-0.39, 0.29) is 0 Å². The van der Waals surface area contributed by atoms with Gasteiger partial charge in [-0.1, -0.05) is 20.3 Å². The van der Waals surface area contributed by atoms with Crippen molar-refractivity contribution in [2.24, 2.45) is 5.92 Å². The molecule has 1 aliphatic heterocycles. The molecule has 0 bridgehead atoms. The number of likely N-dealkylation sites (tertiary alicyclic amines) is 1. The second-order valence-electron chi connectivity index (χ2n) is 4.94. The Bertz CT molecular complexity index is 139. The Balaban J connectivity index is 2.38. The standard InChI is InChI=1S/C12H26N2/c1-11(2)9-12(10-13-3)14-7-5-4-6-8-14/h11-13H,4-10H2,1-3H3. The average molecular weight is 198 g/mol. The van der Waals surface area contributed by atoms with Crippen molar-refractivity contribution < 1.29 is 0 Å². The van der Waals surface area contributed by atoms with Crippen LogP contribution in [0.3, 0.4) is 0 Å². The van der Waals surface area contributed by atoms with E-state index in [1.807, 2.05) is 0 Å². The van der Waals surface area contributed by atoms with Gasteiger partial charge in [-0.15, -0.1) is 0 Å². The SMILES string of the molecule is CNCC(CC(C)C)N1CCCCC1.